The predicted molar refractivity (Wildman–Crippen MR) is 88.0 cm³/mol. The summed E-state index contributed by atoms with van der Waals surface area (Å²) in [5.41, 5.74) is 3.76. The van der Waals surface area contributed by atoms with Gasteiger partial charge in [-0.2, -0.15) is 5.26 Å². The Bertz CT molecular complexity index is 1100. The van der Waals surface area contributed by atoms with Crippen LogP contribution in [0.4, 0.5) is 5.69 Å². The van der Waals surface area contributed by atoms with Crippen molar-refractivity contribution in [2.24, 2.45) is 5.73 Å². The van der Waals surface area contributed by atoms with Gasteiger partial charge in [0.1, 0.15) is 28.7 Å². The summed E-state index contributed by atoms with van der Waals surface area (Å²) in [4.78, 5) is 25.7. The van der Waals surface area contributed by atoms with E-state index >= 15 is 0 Å². The molecule has 1 atom stereocenters. The largest absolute Gasteiger partial charge is 0.440 e. The van der Waals surface area contributed by atoms with E-state index in [2.05, 4.69) is 5.32 Å². The van der Waals surface area contributed by atoms with Crippen molar-refractivity contribution in [1.82, 2.24) is 0 Å². The molecule has 2 aliphatic heterocycles. The van der Waals surface area contributed by atoms with E-state index in [0.29, 0.717) is 11.3 Å². The summed E-state index contributed by atoms with van der Waals surface area (Å²) < 4.78 is 10.6. The third-order valence-corrected chi connectivity index (χ3v) is 4.68. The number of rotatable bonds is 0. The van der Waals surface area contributed by atoms with Crippen molar-refractivity contribution in [3.63, 3.8) is 0 Å². The van der Waals surface area contributed by atoms with Crippen molar-refractivity contribution in [2.45, 2.75) is 12.3 Å². The van der Waals surface area contributed by atoms with Gasteiger partial charge in [-0.1, -0.05) is 23.7 Å². The average Bonchev–Trinajstić information content (AvgIpc) is 2.82. The zero-order chi connectivity index (χ0) is 17.9. The Morgan fingerprint density at radius 3 is 2.84 bits per heavy atom. The first-order chi connectivity index (χ1) is 11.9. The molecule has 124 valence electrons. The van der Waals surface area contributed by atoms with Crippen LogP contribution in [0.25, 0.3) is 0 Å². The number of para-hydroxylation sites is 1. The molecule has 0 bridgehead atoms. The number of aryl methyl sites for hydroxylation is 1. The topological polar surface area (TPSA) is 118 Å². The van der Waals surface area contributed by atoms with Crippen LogP contribution in [0.3, 0.4) is 0 Å². The Labute approximate surface area is 146 Å². The summed E-state index contributed by atoms with van der Waals surface area (Å²) in [6, 6.07) is 8.19. The van der Waals surface area contributed by atoms with Crippen molar-refractivity contribution in [3.05, 3.63) is 68.1 Å². The summed E-state index contributed by atoms with van der Waals surface area (Å²) in [6.07, 6.45) is 0. The van der Waals surface area contributed by atoms with Crippen molar-refractivity contribution in [3.8, 4) is 11.8 Å². The van der Waals surface area contributed by atoms with Crippen LogP contribution in [0.15, 0.2) is 44.9 Å². The molecule has 4 rings (SSSR count). The lowest BCUT2D eigenvalue weighted by Crippen LogP contribution is -2.45. The van der Waals surface area contributed by atoms with Gasteiger partial charge in [0.05, 0.1) is 10.7 Å². The van der Waals surface area contributed by atoms with Crippen LogP contribution in [0.1, 0.15) is 16.9 Å². The molecule has 2 aromatic rings. The first kappa shape index (κ1) is 15.3. The van der Waals surface area contributed by atoms with E-state index in [1.165, 1.54) is 6.07 Å². The van der Waals surface area contributed by atoms with Crippen molar-refractivity contribution < 1.29 is 13.9 Å². The number of nitrogens with zero attached hydrogens (tertiary/aromatic N) is 1. The Morgan fingerprint density at radius 1 is 1.36 bits per heavy atom. The van der Waals surface area contributed by atoms with Gasteiger partial charge in [0, 0.05) is 11.6 Å². The lowest BCUT2D eigenvalue weighted by atomic mass is 9.69. The molecule has 0 saturated carbocycles. The van der Waals surface area contributed by atoms with Crippen LogP contribution in [-0.2, 0) is 10.2 Å². The SMILES string of the molecule is Cc1cc2c(c(=O)o1)[C@]1(C(=O)Nc3c(Cl)cccc31)C(C#N)=C(N)O2. The maximum absolute atomic E-state index is 13.0. The number of amides is 1. The van der Waals surface area contributed by atoms with Crippen LogP contribution in [0.5, 0.6) is 5.75 Å². The van der Waals surface area contributed by atoms with Gasteiger partial charge < -0.3 is 20.2 Å². The van der Waals surface area contributed by atoms with E-state index in [9.17, 15) is 14.9 Å². The number of carbonyl (C=O) groups excluding carboxylic acids is 1. The minimum absolute atomic E-state index is 0.0771. The first-order valence-electron chi connectivity index (χ1n) is 7.25. The van der Waals surface area contributed by atoms with E-state index in [0.717, 1.165) is 0 Å². The second kappa shape index (κ2) is 4.88. The number of nitrogens with two attached hydrogens (primary N) is 1. The number of halogens is 1. The van der Waals surface area contributed by atoms with E-state index < -0.39 is 16.9 Å². The first-order valence-corrected chi connectivity index (χ1v) is 7.63. The van der Waals surface area contributed by atoms with E-state index in [-0.39, 0.29) is 33.6 Å². The minimum atomic E-state index is -1.76. The standard InChI is InChI=1S/C17H10ClN3O4/c1-7-5-11-12(15(22)24-7)17(9(6-19)14(20)25-11)8-3-2-4-10(18)13(8)21-16(17)23/h2-5H,20H2,1H3,(H,21,23)/t17-/m1/s1. The van der Waals surface area contributed by atoms with Gasteiger partial charge >= 0.3 is 5.63 Å². The summed E-state index contributed by atoms with van der Waals surface area (Å²) in [5.74, 6) is -0.496. The molecule has 0 radical (unpaired) electrons. The second-order valence-electron chi connectivity index (χ2n) is 5.70. The molecule has 0 unspecified atom stereocenters. The molecule has 3 N–H and O–H groups in total. The molecule has 1 spiro atoms. The van der Waals surface area contributed by atoms with E-state index in [4.69, 9.17) is 26.5 Å². The lowest BCUT2D eigenvalue weighted by molar-refractivity contribution is -0.118. The highest BCUT2D eigenvalue weighted by atomic mass is 35.5. The molecule has 2 aliphatic rings. The molecule has 25 heavy (non-hydrogen) atoms. The third kappa shape index (κ3) is 1.74. The lowest BCUT2D eigenvalue weighted by Gasteiger charge is -2.32. The maximum atomic E-state index is 13.0. The summed E-state index contributed by atoms with van der Waals surface area (Å²) >= 11 is 6.18. The zero-order valence-corrected chi connectivity index (χ0v) is 13.6. The molecule has 0 aliphatic carbocycles. The van der Waals surface area contributed by atoms with Crippen molar-refractivity contribution in [2.75, 3.05) is 5.32 Å². The fourth-order valence-electron chi connectivity index (χ4n) is 3.41. The molecule has 7 nitrogen and oxygen atoms in total. The summed E-state index contributed by atoms with van der Waals surface area (Å²) in [6.45, 7) is 1.57. The van der Waals surface area contributed by atoms with Crippen LogP contribution < -0.4 is 21.4 Å². The molecule has 0 fully saturated rings. The zero-order valence-electron chi connectivity index (χ0n) is 12.8. The van der Waals surface area contributed by atoms with Crippen molar-refractivity contribution >= 4 is 23.2 Å². The number of fused-ring (bicyclic) bond motifs is 4. The number of hydrogen-bond donors (Lipinski definition) is 2. The number of benzene rings is 1. The van der Waals surface area contributed by atoms with Crippen LogP contribution in [-0.4, -0.2) is 5.91 Å². The van der Waals surface area contributed by atoms with E-state index in [1.54, 1.807) is 25.1 Å². The Morgan fingerprint density at radius 2 is 2.12 bits per heavy atom. The Kier molecular flexibility index (Phi) is 2.99. The molecule has 0 saturated heterocycles. The number of hydrogen-bond acceptors (Lipinski definition) is 6. The predicted octanol–water partition coefficient (Wildman–Crippen LogP) is 1.93. The normalized spacial score (nSPS) is 20.6. The summed E-state index contributed by atoms with van der Waals surface area (Å²) in [7, 11) is 0. The molecule has 1 amide bonds. The molecular formula is C17H10ClN3O4. The molecule has 1 aromatic carbocycles. The number of nitriles is 1. The van der Waals surface area contributed by atoms with Crippen LogP contribution in [0.2, 0.25) is 5.02 Å². The number of nitrogens with one attached hydrogen (secondary N) is 1. The van der Waals surface area contributed by atoms with Crippen LogP contribution >= 0.6 is 11.6 Å². The number of anilines is 1. The molecular weight excluding hydrogens is 346 g/mol. The number of carbonyl (C=O) groups is 1. The molecule has 8 heteroatoms. The third-order valence-electron chi connectivity index (χ3n) is 4.36. The van der Waals surface area contributed by atoms with Crippen LogP contribution in [0, 0.1) is 18.3 Å². The fourth-order valence-corrected chi connectivity index (χ4v) is 3.63. The highest BCUT2D eigenvalue weighted by Crippen LogP contribution is 2.53. The van der Waals surface area contributed by atoms with Gasteiger partial charge in [-0.25, -0.2) is 4.79 Å². The molecule has 3 heterocycles. The van der Waals surface area contributed by atoms with Gasteiger partial charge in [-0.15, -0.1) is 0 Å². The van der Waals surface area contributed by atoms with Crippen molar-refractivity contribution in [1.29, 1.82) is 5.26 Å². The van der Waals surface area contributed by atoms with Gasteiger partial charge in [0.15, 0.2) is 5.41 Å². The number of ether oxygens (including phenoxy) is 1. The Balaban J connectivity index is 2.23. The second-order valence-corrected chi connectivity index (χ2v) is 6.11. The summed E-state index contributed by atoms with van der Waals surface area (Å²) in [5, 5.41) is 12.6. The van der Waals surface area contributed by atoms with E-state index in [1.807, 2.05) is 6.07 Å². The highest BCUT2D eigenvalue weighted by Gasteiger charge is 2.58. The van der Waals surface area contributed by atoms with Gasteiger partial charge in [-0.3, -0.25) is 4.79 Å². The quantitative estimate of drug-likeness (QED) is 0.745. The fraction of sp³-hybridized carbons (Fsp3) is 0.118. The maximum Gasteiger partial charge on any atom is 0.344 e. The van der Waals surface area contributed by atoms with Gasteiger partial charge in [0.25, 0.3) is 0 Å². The average molecular weight is 356 g/mol. The minimum Gasteiger partial charge on any atom is -0.440 e. The Hall–Kier alpha value is -3.24. The van der Waals surface area contributed by atoms with Gasteiger partial charge in [-0.05, 0) is 13.0 Å². The molecule has 1 aromatic heterocycles. The monoisotopic (exact) mass is 355 g/mol. The van der Waals surface area contributed by atoms with Gasteiger partial charge in [0.2, 0.25) is 11.8 Å². The smallest absolute Gasteiger partial charge is 0.344 e. The highest BCUT2D eigenvalue weighted by molar-refractivity contribution is 6.35.